The van der Waals surface area contributed by atoms with Crippen LogP contribution < -0.4 is 10.6 Å². The lowest BCUT2D eigenvalue weighted by Gasteiger charge is -2.11. The summed E-state index contributed by atoms with van der Waals surface area (Å²) >= 11 is 0. The number of aromatic nitrogens is 3. The third-order valence-electron chi connectivity index (χ3n) is 3.21. The van der Waals surface area contributed by atoms with Crippen molar-refractivity contribution >= 4 is 17.5 Å². The number of benzene rings is 1. The third kappa shape index (κ3) is 3.62. The van der Waals surface area contributed by atoms with E-state index in [9.17, 15) is 8.78 Å². The van der Waals surface area contributed by atoms with Gasteiger partial charge in [0.15, 0.2) is 11.6 Å². The van der Waals surface area contributed by atoms with Gasteiger partial charge in [-0.05, 0) is 31.2 Å². The fraction of sp³-hybridized carbons (Fsp3) is 0.118. The molecule has 2 heterocycles. The molecule has 3 aromatic rings. The lowest BCUT2D eigenvalue weighted by atomic mass is 10.2. The second-order valence-corrected chi connectivity index (χ2v) is 4.99. The number of rotatable bonds is 5. The average Bonchev–Trinajstić information content (AvgIpc) is 2.59. The van der Waals surface area contributed by atoms with Crippen LogP contribution in [0, 0.1) is 11.6 Å². The normalized spacial score (nSPS) is 10.5. The van der Waals surface area contributed by atoms with Crippen LogP contribution >= 0.6 is 0 Å². The maximum absolute atomic E-state index is 13.4. The monoisotopic (exact) mass is 327 g/mol. The number of hydrogen-bond donors (Lipinski definition) is 2. The molecule has 0 unspecified atom stereocenters. The molecule has 0 spiro atoms. The van der Waals surface area contributed by atoms with Crippen molar-refractivity contribution in [1.82, 2.24) is 15.0 Å². The van der Waals surface area contributed by atoms with E-state index in [2.05, 4.69) is 25.6 Å². The summed E-state index contributed by atoms with van der Waals surface area (Å²) < 4.78 is 26.4. The highest BCUT2D eigenvalue weighted by molar-refractivity contribution is 5.66. The van der Waals surface area contributed by atoms with Crippen LogP contribution in [0.2, 0.25) is 0 Å². The van der Waals surface area contributed by atoms with Crippen LogP contribution in [0.1, 0.15) is 6.92 Å². The number of pyridine rings is 1. The van der Waals surface area contributed by atoms with E-state index >= 15 is 0 Å². The summed E-state index contributed by atoms with van der Waals surface area (Å²) in [6, 6.07) is 9.00. The second-order valence-electron chi connectivity index (χ2n) is 4.99. The minimum atomic E-state index is -0.923. The Labute approximate surface area is 137 Å². The van der Waals surface area contributed by atoms with Gasteiger partial charge in [-0.15, -0.1) is 0 Å². The van der Waals surface area contributed by atoms with Crippen LogP contribution in [0.15, 0.2) is 48.8 Å². The van der Waals surface area contributed by atoms with Gasteiger partial charge in [-0.2, -0.15) is 4.98 Å². The molecule has 0 atom stereocenters. The highest BCUT2D eigenvalue weighted by Crippen LogP contribution is 2.23. The van der Waals surface area contributed by atoms with Crippen LogP contribution in [0.5, 0.6) is 0 Å². The van der Waals surface area contributed by atoms with Crippen molar-refractivity contribution in [3.8, 4) is 11.3 Å². The molecule has 3 rings (SSSR count). The Balaban J connectivity index is 1.97. The summed E-state index contributed by atoms with van der Waals surface area (Å²) in [5.41, 5.74) is 1.89. The Morgan fingerprint density at radius 2 is 1.92 bits per heavy atom. The zero-order valence-corrected chi connectivity index (χ0v) is 12.9. The first-order valence-corrected chi connectivity index (χ1v) is 7.41. The largest absolute Gasteiger partial charge is 0.354 e. The number of nitrogens with zero attached hydrogens (tertiary/aromatic N) is 3. The molecule has 24 heavy (non-hydrogen) atoms. The first kappa shape index (κ1) is 15.8. The van der Waals surface area contributed by atoms with Crippen molar-refractivity contribution in [3.63, 3.8) is 0 Å². The van der Waals surface area contributed by atoms with Crippen molar-refractivity contribution in [3.05, 3.63) is 60.4 Å². The van der Waals surface area contributed by atoms with Crippen molar-refractivity contribution in [2.75, 3.05) is 17.2 Å². The SMILES string of the molecule is CCNc1nc(Nc2ccc(F)c(F)c2)cc(-c2cccnc2)n1. The highest BCUT2D eigenvalue weighted by Gasteiger charge is 2.08. The van der Waals surface area contributed by atoms with Crippen LogP contribution in [-0.4, -0.2) is 21.5 Å². The number of anilines is 3. The maximum atomic E-state index is 13.4. The topological polar surface area (TPSA) is 62.7 Å². The van der Waals surface area contributed by atoms with Gasteiger partial charge in [-0.1, -0.05) is 0 Å². The van der Waals surface area contributed by atoms with Gasteiger partial charge in [-0.25, -0.2) is 13.8 Å². The second kappa shape index (κ2) is 6.99. The van der Waals surface area contributed by atoms with E-state index in [-0.39, 0.29) is 0 Å². The Morgan fingerprint density at radius 3 is 2.62 bits per heavy atom. The van der Waals surface area contributed by atoms with Crippen LogP contribution in [-0.2, 0) is 0 Å². The Morgan fingerprint density at radius 1 is 1.04 bits per heavy atom. The van der Waals surface area contributed by atoms with E-state index in [1.807, 2.05) is 19.1 Å². The van der Waals surface area contributed by atoms with E-state index in [0.717, 1.165) is 17.7 Å². The van der Waals surface area contributed by atoms with Crippen molar-refractivity contribution in [2.24, 2.45) is 0 Å². The van der Waals surface area contributed by atoms with Gasteiger partial charge in [-0.3, -0.25) is 4.98 Å². The quantitative estimate of drug-likeness (QED) is 0.742. The zero-order chi connectivity index (χ0) is 16.9. The number of halogens is 2. The van der Waals surface area contributed by atoms with Crippen molar-refractivity contribution in [1.29, 1.82) is 0 Å². The molecule has 0 saturated heterocycles. The van der Waals surface area contributed by atoms with E-state index in [1.54, 1.807) is 18.5 Å². The lowest BCUT2D eigenvalue weighted by Crippen LogP contribution is -2.05. The van der Waals surface area contributed by atoms with E-state index < -0.39 is 11.6 Å². The predicted octanol–water partition coefficient (Wildman–Crippen LogP) is 3.99. The zero-order valence-electron chi connectivity index (χ0n) is 12.9. The van der Waals surface area contributed by atoms with Crippen LogP contribution in [0.4, 0.5) is 26.2 Å². The van der Waals surface area contributed by atoms with E-state index in [0.29, 0.717) is 29.7 Å². The van der Waals surface area contributed by atoms with Crippen molar-refractivity contribution < 1.29 is 8.78 Å². The Kier molecular flexibility index (Phi) is 4.60. The molecule has 0 saturated carbocycles. The molecule has 122 valence electrons. The average molecular weight is 327 g/mol. The van der Waals surface area contributed by atoms with Gasteiger partial charge >= 0.3 is 0 Å². The first-order chi connectivity index (χ1) is 11.7. The lowest BCUT2D eigenvalue weighted by molar-refractivity contribution is 0.509. The van der Waals surface area contributed by atoms with E-state index in [1.165, 1.54) is 6.07 Å². The van der Waals surface area contributed by atoms with Crippen molar-refractivity contribution in [2.45, 2.75) is 6.92 Å². The molecule has 0 bridgehead atoms. The minimum absolute atomic E-state index is 0.396. The summed E-state index contributed by atoms with van der Waals surface area (Å²) in [5.74, 6) is -0.921. The molecule has 0 aliphatic rings. The Bertz CT molecular complexity index is 840. The fourth-order valence-electron chi connectivity index (χ4n) is 2.13. The van der Waals surface area contributed by atoms with Gasteiger partial charge in [0, 0.05) is 42.3 Å². The summed E-state index contributed by atoms with van der Waals surface area (Å²) in [4.78, 5) is 12.8. The molecule has 0 aliphatic carbocycles. The van der Waals surface area contributed by atoms with Gasteiger partial charge in [0.1, 0.15) is 5.82 Å². The molecule has 0 radical (unpaired) electrons. The molecule has 2 N–H and O–H groups in total. The molecule has 2 aromatic heterocycles. The van der Waals surface area contributed by atoms with Gasteiger partial charge < -0.3 is 10.6 Å². The Hall–Kier alpha value is -3.09. The molecular formula is C17H15F2N5. The summed E-state index contributed by atoms with van der Waals surface area (Å²) in [6.45, 7) is 2.59. The number of hydrogen-bond acceptors (Lipinski definition) is 5. The van der Waals surface area contributed by atoms with Gasteiger partial charge in [0.25, 0.3) is 0 Å². The smallest absolute Gasteiger partial charge is 0.225 e. The number of nitrogens with one attached hydrogen (secondary N) is 2. The van der Waals surface area contributed by atoms with Gasteiger partial charge in [0.05, 0.1) is 5.69 Å². The maximum Gasteiger partial charge on any atom is 0.225 e. The highest BCUT2D eigenvalue weighted by atomic mass is 19.2. The molecule has 5 nitrogen and oxygen atoms in total. The van der Waals surface area contributed by atoms with Crippen LogP contribution in [0.25, 0.3) is 11.3 Å². The first-order valence-electron chi connectivity index (χ1n) is 7.41. The standard InChI is InChI=1S/C17H15F2N5/c1-2-21-17-23-15(11-4-3-7-20-10-11)9-16(24-17)22-12-5-6-13(18)14(19)8-12/h3-10H,2H2,1H3,(H2,21,22,23,24). The summed E-state index contributed by atoms with van der Waals surface area (Å²) in [5, 5.41) is 6.01. The predicted molar refractivity (Wildman–Crippen MR) is 89.1 cm³/mol. The molecule has 0 fully saturated rings. The molecule has 0 aliphatic heterocycles. The van der Waals surface area contributed by atoms with Gasteiger partial charge in [0.2, 0.25) is 5.95 Å². The summed E-state index contributed by atoms with van der Waals surface area (Å²) in [7, 11) is 0. The van der Waals surface area contributed by atoms with E-state index in [4.69, 9.17) is 0 Å². The molecular weight excluding hydrogens is 312 g/mol. The fourth-order valence-corrected chi connectivity index (χ4v) is 2.13. The van der Waals surface area contributed by atoms with Crippen LogP contribution in [0.3, 0.4) is 0 Å². The minimum Gasteiger partial charge on any atom is -0.354 e. The molecule has 7 heteroatoms. The summed E-state index contributed by atoms with van der Waals surface area (Å²) in [6.07, 6.45) is 3.37. The molecule has 1 aromatic carbocycles. The third-order valence-corrected chi connectivity index (χ3v) is 3.21. The molecule has 0 amide bonds.